The molecule has 0 fully saturated rings. The van der Waals surface area contributed by atoms with Crippen LogP contribution in [0.4, 0.5) is 34.1 Å². The van der Waals surface area contributed by atoms with Gasteiger partial charge in [0.15, 0.2) is 0 Å². The summed E-state index contributed by atoms with van der Waals surface area (Å²) in [5.74, 6) is 0.658. The Balaban J connectivity index is 0.979. The first-order valence-electron chi connectivity index (χ1n) is 26.5. The third-order valence-corrected chi connectivity index (χ3v) is 15.6. The number of fused-ring (bicyclic) bond motifs is 11. The summed E-state index contributed by atoms with van der Waals surface area (Å²) in [7, 11) is 0. The number of hydrogen-bond acceptors (Lipinski definition) is 4. The van der Waals surface area contributed by atoms with Gasteiger partial charge in [-0.05, 0) is 141 Å². The number of para-hydroxylation sites is 6. The van der Waals surface area contributed by atoms with Gasteiger partial charge < -0.3 is 18.6 Å². The molecule has 0 aliphatic rings. The Kier molecular flexibility index (Phi) is 10.9. The highest BCUT2D eigenvalue weighted by molar-refractivity contribution is 6.25. The molecule has 0 saturated heterocycles. The van der Waals surface area contributed by atoms with Crippen LogP contribution in [0.15, 0.2) is 251 Å². The molecule has 0 amide bonds. The van der Waals surface area contributed by atoms with Gasteiger partial charge in [0.1, 0.15) is 22.3 Å². The van der Waals surface area contributed by atoms with Gasteiger partial charge in [0.05, 0.1) is 11.4 Å². The van der Waals surface area contributed by atoms with E-state index in [2.05, 4.69) is 268 Å². The molecule has 0 saturated carbocycles. The predicted octanol–water partition coefficient (Wildman–Crippen LogP) is 21.5. The van der Waals surface area contributed by atoms with Gasteiger partial charge in [0, 0.05) is 66.2 Å². The van der Waals surface area contributed by atoms with Crippen molar-refractivity contribution in [1.29, 1.82) is 0 Å². The summed E-state index contributed by atoms with van der Waals surface area (Å²) < 4.78 is 13.1. The largest absolute Gasteiger partial charge is 0.455 e. The molecule has 14 rings (SSSR count). The van der Waals surface area contributed by atoms with Crippen molar-refractivity contribution in [3.63, 3.8) is 0 Å². The molecule has 14 aromatic rings. The van der Waals surface area contributed by atoms with Crippen molar-refractivity contribution in [2.24, 2.45) is 0 Å². The fraction of sp³-hybridized carbons (Fsp3) is 0.0833. The van der Waals surface area contributed by atoms with Crippen LogP contribution in [0, 0.1) is 0 Å². The maximum Gasteiger partial charge on any atom is 0.143 e. The minimum absolute atomic E-state index is 0.329. The minimum atomic E-state index is 0.329. The third-order valence-electron chi connectivity index (χ3n) is 15.6. The van der Waals surface area contributed by atoms with Crippen molar-refractivity contribution in [3.8, 4) is 22.3 Å². The molecule has 4 nitrogen and oxygen atoms in total. The summed E-state index contributed by atoms with van der Waals surface area (Å²) in [6, 6.07) is 88.4. The van der Waals surface area contributed by atoms with Crippen molar-refractivity contribution < 1.29 is 8.83 Å². The van der Waals surface area contributed by atoms with Crippen molar-refractivity contribution in [1.82, 2.24) is 0 Å². The summed E-state index contributed by atoms with van der Waals surface area (Å²) in [6.45, 7) is 9.15. The molecule has 12 aromatic carbocycles. The van der Waals surface area contributed by atoms with E-state index < -0.39 is 0 Å². The van der Waals surface area contributed by atoms with Gasteiger partial charge >= 0.3 is 0 Å². The second kappa shape index (κ2) is 18.2. The lowest BCUT2D eigenvalue weighted by Gasteiger charge is -2.30. The van der Waals surface area contributed by atoms with Gasteiger partial charge in [-0.25, -0.2) is 0 Å². The van der Waals surface area contributed by atoms with E-state index >= 15 is 0 Å². The summed E-state index contributed by atoms with van der Waals surface area (Å²) in [6.07, 6.45) is 0. The number of furan rings is 2. The molecule has 364 valence electrons. The number of rotatable bonds is 10. The van der Waals surface area contributed by atoms with Crippen LogP contribution in [-0.2, 0) is 0 Å². The van der Waals surface area contributed by atoms with Crippen LogP contribution in [0.1, 0.15) is 50.7 Å². The molecule has 0 N–H and O–H groups in total. The smallest absolute Gasteiger partial charge is 0.143 e. The Morgan fingerprint density at radius 3 is 1.05 bits per heavy atom. The maximum absolute atomic E-state index is 6.53. The fourth-order valence-electron chi connectivity index (χ4n) is 11.7. The van der Waals surface area contributed by atoms with E-state index in [0.717, 1.165) is 100 Å². The van der Waals surface area contributed by atoms with E-state index in [-0.39, 0.29) is 0 Å². The first-order valence-corrected chi connectivity index (χ1v) is 26.5. The van der Waals surface area contributed by atoms with Crippen LogP contribution >= 0.6 is 0 Å². The average Bonchev–Trinajstić information content (AvgIpc) is 4.09. The Morgan fingerprint density at radius 1 is 0.276 bits per heavy atom. The van der Waals surface area contributed by atoms with Gasteiger partial charge in [-0.15, -0.1) is 0 Å². The van der Waals surface area contributed by atoms with Crippen LogP contribution in [0.2, 0.25) is 0 Å². The Hall–Kier alpha value is -9.38. The minimum Gasteiger partial charge on any atom is -0.455 e. The molecule has 2 heterocycles. The number of nitrogens with zero attached hydrogens (tertiary/aromatic N) is 2. The van der Waals surface area contributed by atoms with Gasteiger partial charge in [-0.2, -0.15) is 0 Å². The Bertz CT molecular complexity index is 4220. The second-order valence-electron chi connectivity index (χ2n) is 20.8. The van der Waals surface area contributed by atoms with Gasteiger partial charge in [-0.1, -0.05) is 185 Å². The van der Waals surface area contributed by atoms with Crippen LogP contribution < -0.4 is 9.80 Å². The molecule has 0 radical (unpaired) electrons. The zero-order chi connectivity index (χ0) is 51.0. The Morgan fingerprint density at radius 2 is 0.645 bits per heavy atom. The van der Waals surface area contributed by atoms with E-state index in [9.17, 15) is 0 Å². The Labute approximate surface area is 442 Å². The lowest BCUT2D eigenvalue weighted by Crippen LogP contribution is -2.12. The highest BCUT2D eigenvalue weighted by Gasteiger charge is 2.24. The topological polar surface area (TPSA) is 32.8 Å². The van der Waals surface area contributed by atoms with E-state index in [1.807, 2.05) is 12.1 Å². The van der Waals surface area contributed by atoms with Crippen molar-refractivity contribution >= 4 is 110 Å². The first kappa shape index (κ1) is 45.3. The average molecular weight is 979 g/mol. The van der Waals surface area contributed by atoms with E-state index in [1.165, 1.54) is 43.4 Å². The molecule has 4 heteroatoms. The molecule has 2 aromatic heterocycles. The standard InChI is InChI=1S/C72H54N2O2/c1-45(2)49-33-39-57-63-44-68(74(52-19-9-6-10-20-52)54-37-31-48(32-38-54)56-24-16-26-62-60-22-12-14-28-70(60)76-72(56)62)66-42-50(46(3)4)34-40-58(66)64(63)43-67(65(57)41-49)73(51-17-7-5-8-18-51)53-35-29-47(30-36-53)55-23-15-25-61-59-21-11-13-27-69(59)75-71(55)61/h5-46H,1-4H3. The van der Waals surface area contributed by atoms with E-state index in [1.54, 1.807) is 0 Å². The lowest BCUT2D eigenvalue weighted by molar-refractivity contribution is 0.669. The first-order chi connectivity index (χ1) is 37.3. The number of anilines is 6. The number of benzene rings is 12. The monoisotopic (exact) mass is 978 g/mol. The zero-order valence-corrected chi connectivity index (χ0v) is 43.0. The van der Waals surface area contributed by atoms with Gasteiger partial charge in [-0.3, -0.25) is 0 Å². The van der Waals surface area contributed by atoms with E-state index in [0.29, 0.717) is 11.8 Å². The summed E-state index contributed by atoms with van der Waals surface area (Å²) in [4.78, 5) is 4.90. The summed E-state index contributed by atoms with van der Waals surface area (Å²) in [5.41, 5.74) is 17.1. The predicted molar refractivity (Wildman–Crippen MR) is 322 cm³/mol. The normalized spacial score (nSPS) is 11.9. The van der Waals surface area contributed by atoms with Crippen molar-refractivity contribution in [2.45, 2.75) is 39.5 Å². The summed E-state index contributed by atoms with van der Waals surface area (Å²) in [5, 5.41) is 11.7. The molecular formula is C72H54N2O2. The second-order valence-corrected chi connectivity index (χ2v) is 20.8. The van der Waals surface area contributed by atoms with Gasteiger partial charge in [0.2, 0.25) is 0 Å². The van der Waals surface area contributed by atoms with E-state index in [4.69, 9.17) is 8.83 Å². The molecule has 0 aliphatic heterocycles. The highest BCUT2D eigenvalue weighted by atomic mass is 16.3. The SMILES string of the molecule is CC(C)c1ccc2c(c1)c(N(c1ccccc1)c1ccc(-c3cccc4c3oc3ccccc34)cc1)cc1c3ccc(C(C)C)cc3c(N(c3ccccc3)c3ccc(-c4cccc5c4oc4ccccc45)cc3)cc21. The van der Waals surface area contributed by atoms with Crippen molar-refractivity contribution in [2.75, 3.05) is 9.80 Å². The molecule has 0 atom stereocenters. The molecule has 0 aliphatic carbocycles. The van der Waals surface area contributed by atoms with Gasteiger partial charge in [0.25, 0.3) is 0 Å². The van der Waals surface area contributed by atoms with Crippen molar-refractivity contribution in [3.05, 3.63) is 254 Å². The molecule has 0 unspecified atom stereocenters. The maximum atomic E-state index is 6.53. The molecule has 0 bridgehead atoms. The molecular weight excluding hydrogens is 925 g/mol. The van der Waals surface area contributed by atoms with Crippen LogP contribution in [-0.4, -0.2) is 0 Å². The van der Waals surface area contributed by atoms with Crippen LogP contribution in [0.3, 0.4) is 0 Å². The fourth-order valence-corrected chi connectivity index (χ4v) is 11.7. The van der Waals surface area contributed by atoms with Crippen LogP contribution in [0.25, 0.3) is 98.4 Å². The van der Waals surface area contributed by atoms with Crippen LogP contribution in [0.5, 0.6) is 0 Å². The summed E-state index contributed by atoms with van der Waals surface area (Å²) >= 11 is 0. The quantitative estimate of drug-likeness (QED) is 0.128. The highest BCUT2D eigenvalue weighted by Crippen LogP contribution is 2.49. The molecule has 0 spiro atoms. The lowest BCUT2D eigenvalue weighted by atomic mass is 9.89. The number of hydrogen-bond donors (Lipinski definition) is 0. The molecule has 76 heavy (non-hydrogen) atoms. The zero-order valence-electron chi connectivity index (χ0n) is 43.0. The third kappa shape index (κ3) is 7.51.